The van der Waals surface area contributed by atoms with Crippen molar-refractivity contribution in [1.29, 1.82) is 0 Å². The minimum Gasteiger partial charge on any atom is -0.319 e. The molecule has 3 rings (SSSR count). The van der Waals surface area contributed by atoms with Crippen LogP contribution in [0.3, 0.4) is 0 Å². The van der Waals surface area contributed by atoms with Gasteiger partial charge in [-0.2, -0.15) is 5.10 Å². The molecule has 0 fully saturated rings. The predicted molar refractivity (Wildman–Crippen MR) is 78.4 cm³/mol. The van der Waals surface area contributed by atoms with E-state index < -0.39 is 0 Å². The fourth-order valence-corrected chi connectivity index (χ4v) is 2.97. The van der Waals surface area contributed by atoms with Crippen LogP contribution in [0.2, 0.25) is 0 Å². The Balaban J connectivity index is 1.94. The Kier molecular flexibility index (Phi) is 3.53. The highest BCUT2D eigenvalue weighted by Crippen LogP contribution is 2.27. The fraction of sp³-hybridized carbons (Fsp3) is 0.533. The van der Waals surface area contributed by atoms with Gasteiger partial charge in [-0.25, -0.2) is 9.97 Å². The number of rotatable bonds is 3. The van der Waals surface area contributed by atoms with E-state index in [-0.39, 0.29) is 0 Å². The van der Waals surface area contributed by atoms with E-state index in [0.717, 1.165) is 36.6 Å². The maximum Gasteiger partial charge on any atom is 0.180 e. The normalized spacial score (nSPS) is 18.1. The molecule has 0 aliphatic heterocycles. The first-order valence-electron chi connectivity index (χ1n) is 7.18. The lowest BCUT2D eigenvalue weighted by atomic mass is 9.86. The highest BCUT2D eigenvalue weighted by molar-refractivity contribution is 5.50. The summed E-state index contributed by atoms with van der Waals surface area (Å²) in [5.41, 5.74) is 4.52. The average molecular weight is 271 g/mol. The Labute approximate surface area is 119 Å². The van der Waals surface area contributed by atoms with Crippen LogP contribution in [0.4, 0.5) is 0 Å². The third kappa shape index (κ3) is 2.45. The van der Waals surface area contributed by atoms with Crippen molar-refractivity contribution >= 4 is 0 Å². The molecule has 2 aromatic heterocycles. The molecule has 0 spiro atoms. The Morgan fingerprint density at radius 2 is 2.25 bits per heavy atom. The summed E-state index contributed by atoms with van der Waals surface area (Å²) in [7, 11) is 3.93. The van der Waals surface area contributed by atoms with Gasteiger partial charge in [0.05, 0.1) is 0 Å². The maximum atomic E-state index is 4.74. The molecule has 1 N–H and O–H groups in total. The molecular formula is C15H21N5. The Hall–Kier alpha value is -1.75. The van der Waals surface area contributed by atoms with Crippen molar-refractivity contribution in [3.8, 4) is 11.5 Å². The number of fused-ring (bicyclic) bond motifs is 1. The molecule has 0 bridgehead atoms. The van der Waals surface area contributed by atoms with E-state index in [1.54, 1.807) is 4.68 Å². The van der Waals surface area contributed by atoms with Gasteiger partial charge in [-0.15, -0.1) is 0 Å². The monoisotopic (exact) mass is 271 g/mol. The van der Waals surface area contributed by atoms with Crippen LogP contribution in [0, 0.1) is 12.8 Å². The molecule has 2 heterocycles. The summed E-state index contributed by atoms with van der Waals surface area (Å²) in [6, 6.07) is 1.97. The second-order valence-corrected chi connectivity index (χ2v) is 5.60. The van der Waals surface area contributed by atoms with Gasteiger partial charge in [0.15, 0.2) is 5.82 Å². The largest absolute Gasteiger partial charge is 0.319 e. The molecule has 20 heavy (non-hydrogen) atoms. The minimum absolute atomic E-state index is 0.704. The van der Waals surface area contributed by atoms with Crippen LogP contribution in [-0.4, -0.2) is 33.3 Å². The summed E-state index contributed by atoms with van der Waals surface area (Å²) in [5, 5.41) is 7.67. The zero-order valence-corrected chi connectivity index (χ0v) is 12.3. The summed E-state index contributed by atoms with van der Waals surface area (Å²) in [4.78, 5) is 9.40. The quantitative estimate of drug-likeness (QED) is 0.919. The van der Waals surface area contributed by atoms with Crippen LogP contribution in [0.1, 0.15) is 23.4 Å². The predicted octanol–water partition coefficient (Wildman–Crippen LogP) is 1.51. The molecule has 1 unspecified atom stereocenters. The third-order valence-electron chi connectivity index (χ3n) is 4.02. The number of aromatic nitrogens is 4. The third-order valence-corrected chi connectivity index (χ3v) is 4.02. The zero-order valence-electron chi connectivity index (χ0n) is 12.3. The molecule has 5 nitrogen and oxygen atoms in total. The Morgan fingerprint density at radius 1 is 1.40 bits per heavy atom. The molecule has 0 saturated heterocycles. The SMILES string of the molecule is CNCC1CCc2nc(-c3ccn(C)n3)nc(C)c2C1. The first-order chi connectivity index (χ1) is 9.67. The van der Waals surface area contributed by atoms with Crippen LogP contribution in [-0.2, 0) is 19.9 Å². The smallest absolute Gasteiger partial charge is 0.180 e. The van der Waals surface area contributed by atoms with Gasteiger partial charge in [-0.3, -0.25) is 4.68 Å². The molecule has 0 aromatic carbocycles. The van der Waals surface area contributed by atoms with Crippen molar-refractivity contribution < 1.29 is 0 Å². The van der Waals surface area contributed by atoms with E-state index in [0.29, 0.717) is 5.92 Å². The highest BCUT2D eigenvalue weighted by atomic mass is 15.3. The van der Waals surface area contributed by atoms with Crippen molar-refractivity contribution in [2.24, 2.45) is 13.0 Å². The summed E-state index contributed by atoms with van der Waals surface area (Å²) in [6.07, 6.45) is 5.26. The van der Waals surface area contributed by atoms with Crippen LogP contribution < -0.4 is 5.32 Å². The molecule has 1 atom stereocenters. The van der Waals surface area contributed by atoms with Gasteiger partial charge in [-0.05, 0) is 57.3 Å². The summed E-state index contributed by atoms with van der Waals surface area (Å²) in [5.74, 6) is 1.46. The number of aryl methyl sites for hydroxylation is 3. The van der Waals surface area contributed by atoms with E-state index in [1.165, 1.54) is 17.7 Å². The van der Waals surface area contributed by atoms with Crippen molar-refractivity contribution in [3.63, 3.8) is 0 Å². The van der Waals surface area contributed by atoms with Crippen molar-refractivity contribution in [2.75, 3.05) is 13.6 Å². The molecule has 2 aromatic rings. The number of nitrogens with one attached hydrogen (secondary N) is 1. The lowest BCUT2D eigenvalue weighted by Crippen LogP contribution is -2.26. The van der Waals surface area contributed by atoms with E-state index in [4.69, 9.17) is 4.98 Å². The van der Waals surface area contributed by atoms with Gasteiger partial charge in [0, 0.05) is 24.6 Å². The topological polar surface area (TPSA) is 55.6 Å². The number of hydrogen-bond donors (Lipinski definition) is 1. The molecule has 5 heteroatoms. The summed E-state index contributed by atoms with van der Waals surface area (Å²) >= 11 is 0. The van der Waals surface area contributed by atoms with E-state index >= 15 is 0 Å². The lowest BCUT2D eigenvalue weighted by Gasteiger charge is -2.25. The minimum atomic E-state index is 0.704. The fourth-order valence-electron chi connectivity index (χ4n) is 2.97. The Morgan fingerprint density at radius 3 is 2.95 bits per heavy atom. The zero-order chi connectivity index (χ0) is 14.1. The maximum absolute atomic E-state index is 4.74. The molecular weight excluding hydrogens is 250 g/mol. The van der Waals surface area contributed by atoms with Crippen LogP contribution in [0.15, 0.2) is 12.3 Å². The van der Waals surface area contributed by atoms with Crippen LogP contribution in [0.25, 0.3) is 11.5 Å². The number of nitrogens with zero attached hydrogens (tertiary/aromatic N) is 4. The molecule has 1 aliphatic rings. The number of hydrogen-bond acceptors (Lipinski definition) is 4. The molecule has 106 valence electrons. The van der Waals surface area contributed by atoms with Gasteiger partial charge in [-0.1, -0.05) is 0 Å². The average Bonchev–Trinajstić information content (AvgIpc) is 2.86. The van der Waals surface area contributed by atoms with Crippen molar-refractivity contribution in [2.45, 2.75) is 26.2 Å². The van der Waals surface area contributed by atoms with E-state index in [1.807, 2.05) is 26.4 Å². The molecule has 1 aliphatic carbocycles. The molecule has 0 radical (unpaired) electrons. The van der Waals surface area contributed by atoms with E-state index in [9.17, 15) is 0 Å². The second-order valence-electron chi connectivity index (χ2n) is 5.60. The van der Waals surface area contributed by atoms with Gasteiger partial charge < -0.3 is 5.32 Å². The van der Waals surface area contributed by atoms with Crippen molar-refractivity contribution in [3.05, 3.63) is 29.2 Å². The molecule has 0 amide bonds. The van der Waals surface area contributed by atoms with E-state index in [2.05, 4.69) is 22.3 Å². The van der Waals surface area contributed by atoms with Crippen molar-refractivity contribution in [1.82, 2.24) is 25.1 Å². The summed E-state index contributed by atoms with van der Waals surface area (Å²) < 4.78 is 1.79. The highest BCUT2D eigenvalue weighted by Gasteiger charge is 2.22. The second kappa shape index (κ2) is 5.32. The first-order valence-corrected chi connectivity index (χ1v) is 7.18. The lowest BCUT2D eigenvalue weighted by molar-refractivity contribution is 0.433. The van der Waals surface area contributed by atoms with Gasteiger partial charge in [0.2, 0.25) is 0 Å². The van der Waals surface area contributed by atoms with Gasteiger partial charge in [0.1, 0.15) is 5.69 Å². The molecule has 0 saturated carbocycles. The standard InChI is InChI=1S/C15H21N5/c1-10-12-8-11(9-16-2)4-5-13(12)18-15(17-10)14-6-7-20(3)19-14/h6-7,11,16H,4-5,8-9H2,1-3H3. The van der Waals surface area contributed by atoms with Gasteiger partial charge in [0.25, 0.3) is 0 Å². The summed E-state index contributed by atoms with van der Waals surface area (Å²) in [6.45, 7) is 3.16. The van der Waals surface area contributed by atoms with Crippen LogP contribution >= 0.6 is 0 Å². The van der Waals surface area contributed by atoms with Gasteiger partial charge >= 0.3 is 0 Å². The van der Waals surface area contributed by atoms with Crippen LogP contribution in [0.5, 0.6) is 0 Å². The Bertz CT molecular complexity index is 617. The first kappa shape index (κ1) is 13.2.